The number of allylic oxidation sites excluding steroid dienone is 4. The largest absolute Gasteiger partial charge is 0.456 e. The predicted molar refractivity (Wildman–Crippen MR) is 118 cm³/mol. The Balaban J connectivity index is 1.55. The van der Waals surface area contributed by atoms with E-state index in [9.17, 15) is 19.5 Å². The summed E-state index contributed by atoms with van der Waals surface area (Å²) in [7, 11) is 0. The van der Waals surface area contributed by atoms with Crippen LogP contribution in [0.5, 0.6) is 0 Å². The second kappa shape index (κ2) is 7.33. The van der Waals surface area contributed by atoms with E-state index in [4.69, 9.17) is 14.2 Å². The predicted octanol–water partition coefficient (Wildman–Crippen LogP) is 2.90. The molecule has 0 amide bonds. The SMILES string of the molecule is CC1(C)OCC(=O)OCC(=O)[C@]2(CC[C@H]3[C@@H]4CCC5=CC(=O)C=C[C@]5(C)[C@H]4[C@@H](O)C[C@@]32C)O1. The molecule has 1 heterocycles. The first-order valence-electron chi connectivity index (χ1n) is 12.1. The molecule has 5 aliphatic rings. The fraction of sp³-hybridized carbons (Fsp3) is 0.731. The van der Waals surface area contributed by atoms with Crippen LogP contribution in [0.2, 0.25) is 0 Å². The quantitative estimate of drug-likeness (QED) is 0.557. The van der Waals surface area contributed by atoms with Crippen molar-refractivity contribution in [2.45, 2.75) is 77.3 Å². The van der Waals surface area contributed by atoms with Crippen LogP contribution in [0.1, 0.15) is 59.8 Å². The van der Waals surface area contributed by atoms with Crippen molar-refractivity contribution in [2.24, 2.45) is 28.6 Å². The first-order valence-corrected chi connectivity index (χ1v) is 12.1. The highest BCUT2D eigenvalue weighted by molar-refractivity contribution is 6.01. The van der Waals surface area contributed by atoms with Gasteiger partial charge in [-0.3, -0.25) is 9.59 Å². The molecule has 3 saturated carbocycles. The van der Waals surface area contributed by atoms with Crippen molar-refractivity contribution in [1.29, 1.82) is 0 Å². The topological polar surface area (TPSA) is 99.1 Å². The molecular weight excluding hydrogens is 424 g/mol. The maximum atomic E-state index is 13.6. The molecule has 0 aromatic rings. The molecule has 4 fully saturated rings. The highest BCUT2D eigenvalue weighted by Gasteiger charge is 2.70. The molecule has 7 atom stereocenters. The molecule has 4 aliphatic carbocycles. The van der Waals surface area contributed by atoms with Gasteiger partial charge in [0.15, 0.2) is 18.2 Å². The van der Waals surface area contributed by atoms with Gasteiger partial charge in [0.2, 0.25) is 5.78 Å². The average Bonchev–Trinajstić information content (AvgIpc) is 3.04. The van der Waals surface area contributed by atoms with Gasteiger partial charge in [-0.05, 0) is 69.9 Å². The highest BCUT2D eigenvalue weighted by Crippen LogP contribution is 2.68. The number of carbonyl (C=O) groups excluding carboxylic acids is 3. The maximum absolute atomic E-state index is 13.6. The van der Waals surface area contributed by atoms with Gasteiger partial charge in [-0.25, -0.2) is 4.79 Å². The Morgan fingerprint density at radius 2 is 1.82 bits per heavy atom. The number of ether oxygens (including phenoxy) is 3. The first-order chi connectivity index (χ1) is 15.4. The zero-order valence-corrected chi connectivity index (χ0v) is 19.9. The number of rotatable bonds is 0. The molecule has 0 bridgehead atoms. The first kappa shape index (κ1) is 22.9. The number of cyclic esters (lactones) is 1. The van der Waals surface area contributed by atoms with Gasteiger partial charge in [-0.15, -0.1) is 0 Å². The van der Waals surface area contributed by atoms with E-state index < -0.39 is 28.9 Å². The molecule has 0 unspecified atom stereocenters. The molecule has 0 aromatic heterocycles. The van der Waals surface area contributed by atoms with Crippen molar-refractivity contribution in [3.63, 3.8) is 0 Å². The maximum Gasteiger partial charge on any atom is 0.332 e. The third-order valence-corrected chi connectivity index (χ3v) is 9.39. The molecule has 7 nitrogen and oxygen atoms in total. The van der Waals surface area contributed by atoms with Crippen molar-refractivity contribution in [2.75, 3.05) is 13.2 Å². The van der Waals surface area contributed by atoms with Gasteiger partial charge in [-0.2, -0.15) is 0 Å². The summed E-state index contributed by atoms with van der Waals surface area (Å²) in [5, 5.41) is 11.6. The third kappa shape index (κ3) is 3.22. The Kier molecular flexibility index (Phi) is 5.10. The number of aliphatic hydroxyl groups is 1. The second-order valence-corrected chi connectivity index (χ2v) is 11.5. The lowest BCUT2D eigenvalue weighted by atomic mass is 9.46. The fourth-order valence-corrected chi connectivity index (χ4v) is 7.98. The number of ketones is 2. The summed E-state index contributed by atoms with van der Waals surface area (Å²) < 4.78 is 17.4. The van der Waals surface area contributed by atoms with Gasteiger partial charge in [0.25, 0.3) is 0 Å². The molecule has 33 heavy (non-hydrogen) atoms. The van der Waals surface area contributed by atoms with Crippen LogP contribution in [-0.2, 0) is 28.6 Å². The molecule has 1 aliphatic heterocycles. The fourth-order valence-electron chi connectivity index (χ4n) is 7.98. The van der Waals surface area contributed by atoms with Crippen molar-refractivity contribution in [3.8, 4) is 0 Å². The Bertz CT molecular complexity index is 964. The summed E-state index contributed by atoms with van der Waals surface area (Å²) in [4.78, 5) is 37.6. The van der Waals surface area contributed by atoms with Crippen LogP contribution in [0, 0.1) is 28.6 Å². The van der Waals surface area contributed by atoms with E-state index in [0.29, 0.717) is 12.8 Å². The van der Waals surface area contributed by atoms with E-state index in [1.54, 1.807) is 26.0 Å². The van der Waals surface area contributed by atoms with E-state index in [0.717, 1.165) is 24.8 Å². The van der Waals surface area contributed by atoms with Crippen LogP contribution in [0.25, 0.3) is 0 Å². The molecule has 1 saturated heterocycles. The van der Waals surface area contributed by atoms with Crippen molar-refractivity contribution in [1.82, 2.24) is 0 Å². The Hall–Kier alpha value is -1.83. The average molecular weight is 459 g/mol. The van der Waals surface area contributed by atoms with Crippen LogP contribution in [0.4, 0.5) is 0 Å². The number of fused-ring (bicyclic) bond motifs is 6. The Morgan fingerprint density at radius 1 is 1.06 bits per heavy atom. The lowest BCUT2D eigenvalue weighted by Crippen LogP contribution is -2.64. The molecule has 180 valence electrons. The van der Waals surface area contributed by atoms with Gasteiger partial charge in [0, 0.05) is 16.7 Å². The van der Waals surface area contributed by atoms with Crippen LogP contribution < -0.4 is 0 Å². The zero-order chi connectivity index (χ0) is 23.8. The summed E-state index contributed by atoms with van der Waals surface area (Å²) in [5.74, 6) is -1.66. The van der Waals surface area contributed by atoms with Gasteiger partial charge < -0.3 is 19.3 Å². The standard InChI is InChI=1S/C26H34O7/c1-23(2)32-14-21(30)31-13-20(29)26(33-23)10-8-18-17-6-5-15-11-16(27)7-9-24(15,3)22(17)19(28)12-25(18,26)4/h7,9,11,17-19,22,28H,5-6,8,10,12-14H2,1-4H3/t17-,18-,19-,22+,24-,25-,26-/m0/s1. The van der Waals surface area contributed by atoms with E-state index in [-0.39, 0.29) is 47.9 Å². The minimum absolute atomic E-state index is 0.0113. The van der Waals surface area contributed by atoms with E-state index in [1.807, 2.05) is 6.08 Å². The second-order valence-electron chi connectivity index (χ2n) is 11.5. The zero-order valence-electron chi connectivity index (χ0n) is 19.9. The Labute approximate surface area is 194 Å². The molecule has 7 heteroatoms. The highest BCUT2D eigenvalue weighted by atomic mass is 16.7. The van der Waals surface area contributed by atoms with Crippen molar-refractivity contribution < 1.29 is 33.7 Å². The Morgan fingerprint density at radius 3 is 2.58 bits per heavy atom. The van der Waals surface area contributed by atoms with Crippen LogP contribution in [0.3, 0.4) is 0 Å². The van der Waals surface area contributed by atoms with Gasteiger partial charge in [0.1, 0.15) is 12.2 Å². The molecule has 0 radical (unpaired) electrons. The monoisotopic (exact) mass is 458 g/mol. The summed E-state index contributed by atoms with van der Waals surface area (Å²) in [5.41, 5.74) is -1.10. The van der Waals surface area contributed by atoms with Crippen LogP contribution >= 0.6 is 0 Å². The van der Waals surface area contributed by atoms with Crippen molar-refractivity contribution in [3.05, 3.63) is 23.8 Å². The van der Waals surface area contributed by atoms with Crippen LogP contribution in [0.15, 0.2) is 23.8 Å². The minimum atomic E-state index is -1.20. The third-order valence-electron chi connectivity index (χ3n) is 9.39. The van der Waals surface area contributed by atoms with E-state index >= 15 is 0 Å². The summed E-state index contributed by atoms with van der Waals surface area (Å²) in [6.45, 7) is 7.02. The number of Topliss-reactive ketones (excluding diaryl/α,β-unsaturated/α-hetero) is 1. The molecule has 0 aromatic carbocycles. The summed E-state index contributed by atoms with van der Waals surface area (Å²) in [6.07, 6.45) is 8.06. The summed E-state index contributed by atoms with van der Waals surface area (Å²) in [6, 6.07) is 0. The van der Waals surface area contributed by atoms with Gasteiger partial charge >= 0.3 is 5.97 Å². The molecular formula is C26H34O7. The summed E-state index contributed by atoms with van der Waals surface area (Å²) >= 11 is 0. The van der Waals surface area contributed by atoms with Gasteiger partial charge in [0.05, 0.1) is 6.10 Å². The van der Waals surface area contributed by atoms with Gasteiger partial charge in [-0.1, -0.05) is 25.5 Å². The van der Waals surface area contributed by atoms with E-state index in [2.05, 4.69) is 13.8 Å². The number of hydrogen-bond acceptors (Lipinski definition) is 7. The molecule has 1 spiro atoms. The molecule has 1 N–H and O–H groups in total. The minimum Gasteiger partial charge on any atom is -0.456 e. The lowest BCUT2D eigenvalue weighted by Gasteiger charge is -2.60. The number of carbonyl (C=O) groups is 3. The van der Waals surface area contributed by atoms with Crippen LogP contribution in [-0.4, -0.2) is 53.3 Å². The smallest absolute Gasteiger partial charge is 0.332 e. The number of hydrogen-bond donors (Lipinski definition) is 1. The van der Waals surface area contributed by atoms with E-state index in [1.165, 1.54) is 0 Å². The number of aliphatic hydroxyl groups excluding tert-OH is 1. The normalized spacial score (nSPS) is 46.9. The number of esters is 1. The van der Waals surface area contributed by atoms with Crippen molar-refractivity contribution >= 4 is 17.5 Å². The molecule has 5 rings (SSSR count). The lowest BCUT2D eigenvalue weighted by molar-refractivity contribution is -0.290.